The maximum atomic E-state index is 12.4. The summed E-state index contributed by atoms with van der Waals surface area (Å²) in [6.45, 7) is 2.05. The quantitative estimate of drug-likeness (QED) is 0.926. The van der Waals surface area contributed by atoms with Crippen LogP contribution in [-0.2, 0) is 19.0 Å². The predicted molar refractivity (Wildman–Crippen MR) is 73.7 cm³/mol. The van der Waals surface area contributed by atoms with Gasteiger partial charge in [0.2, 0.25) is 0 Å². The Kier molecular flexibility index (Phi) is 4.63. The highest BCUT2D eigenvalue weighted by molar-refractivity contribution is 5.25. The van der Waals surface area contributed by atoms with Gasteiger partial charge in [-0.15, -0.1) is 0 Å². The van der Waals surface area contributed by atoms with Gasteiger partial charge in [0, 0.05) is 12.6 Å². The molecule has 1 heterocycles. The number of pyridine rings is 1. The molecule has 0 saturated carbocycles. The van der Waals surface area contributed by atoms with Crippen LogP contribution in [0.2, 0.25) is 0 Å². The normalized spacial score (nSPS) is 13.2. The molecule has 1 N–H and O–H groups in total. The predicted octanol–water partition coefficient (Wildman–Crippen LogP) is 3.94. The molecule has 112 valence electrons. The second-order valence-electron chi connectivity index (χ2n) is 4.86. The van der Waals surface area contributed by atoms with Crippen molar-refractivity contribution in [3.63, 3.8) is 0 Å². The second kappa shape index (κ2) is 6.26. The Balaban J connectivity index is 2.07. The molecule has 0 spiro atoms. The lowest BCUT2D eigenvalue weighted by atomic mass is 10.0. The maximum absolute atomic E-state index is 12.4. The van der Waals surface area contributed by atoms with E-state index in [1.807, 2.05) is 24.3 Å². The van der Waals surface area contributed by atoms with Crippen LogP contribution in [-0.4, -0.2) is 10.1 Å². The topological polar surface area (TPSA) is 33.1 Å². The molecule has 1 unspecified atom stereocenters. The molecule has 0 radical (unpaired) electrons. The third-order valence-corrected chi connectivity index (χ3v) is 3.32. The molecule has 1 aromatic carbocycles. The molecule has 2 rings (SSSR count). The lowest BCUT2D eigenvalue weighted by molar-refractivity contribution is -0.137. The van der Waals surface area contributed by atoms with Gasteiger partial charge in [0.25, 0.3) is 0 Å². The fraction of sp³-hybridized carbons (Fsp3) is 0.312. The van der Waals surface area contributed by atoms with Crippen molar-refractivity contribution in [1.29, 1.82) is 0 Å². The van der Waals surface area contributed by atoms with Crippen molar-refractivity contribution in [2.75, 3.05) is 0 Å². The van der Waals surface area contributed by atoms with E-state index >= 15 is 0 Å². The third-order valence-electron chi connectivity index (χ3n) is 3.32. The van der Waals surface area contributed by atoms with Crippen LogP contribution in [0, 0.1) is 0 Å². The number of alkyl halides is 3. The van der Waals surface area contributed by atoms with Gasteiger partial charge in [-0.1, -0.05) is 31.2 Å². The van der Waals surface area contributed by atoms with E-state index in [2.05, 4.69) is 11.9 Å². The number of hydrogen-bond acceptors (Lipinski definition) is 2. The highest BCUT2D eigenvalue weighted by Crippen LogP contribution is 2.29. The van der Waals surface area contributed by atoms with Crippen LogP contribution in [0.3, 0.4) is 0 Å². The van der Waals surface area contributed by atoms with Gasteiger partial charge in [-0.2, -0.15) is 13.2 Å². The minimum atomic E-state index is -4.41. The van der Waals surface area contributed by atoms with Crippen molar-refractivity contribution >= 4 is 0 Å². The zero-order valence-electron chi connectivity index (χ0n) is 11.6. The molecule has 0 fully saturated rings. The smallest absolute Gasteiger partial charge is 0.386 e. The van der Waals surface area contributed by atoms with Crippen molar-refractivity contribution in [3.05, 3.63) is 65.0 Å². The molecule has 0 aliphatic rings. The average molecular weight is 295 g/mol. The minimum Gasteiger partial charge on any atom is -0.386 e. The molecule has 2 aromatic rings. The summed E-state index contributed by atoms with van der Waals surface area (Å²) in [5, 5.41) is 10.1. The van der Waals surface area contributed by atoms with Crippen LogP contribution >= 0.6 is 0 Å². The number of aliphatic hydroxyl groups is 1. The minimum absolute atomic E-state index is 0.238. The molecule has 2 nitrogen and oxygen atoms in total. The molecular weight excluding hydrogens is 279 g/mol. The van der Waals surface area contributed by atoms with E-state index in [0.29, 0.717) is 6.42 Å². The van der Waals surface area contributed by atoms with E-state index in [0.717, 1.165) is 24.2 Å². The summed E-state index contributed by atoms with van der Waals surface area (Å²) in [6.07, 6.45) is -3.32. The van der Waals surface area contributed by atoms with Gasteiger partial charge >= 0.3 is 6.18 Å². The van der Waals surface area contributed by atoms with E-state index in [9.17, 15) is 18.3 Å². The molecule has 1 aromatic heterocycles. The monoisotopic (exact) mass is 295 g/mol. The van der Waals surface area contributed by atoms with E-state index < -0.39 is 17.8 Å². The van der Waals surface area contributed by atoms with Gasteiger partial charge in [0.15, 0.2) is 0 Å². The van der Waals surface area contributed by atoms with Gasteiger partial charge < -0.3 is 5.11 Å². The molecule has 5 heteroatoms. The van der Waals surface area contributed by atoms with Gasteiger partial charge in [0.05, 0.1) is 17.4 Å². The van der Waals surface area contributed by atoms with Crippen molar-refractivity contribution in [3.8, 4) is 0 Å². The van der Waals surface area contributed by atoms with Crippen molar-refractivity contribution in [2.45, 2.75) is 32.0 Å². The molecule has 21 heavy (non-hydrogen) atoms. The molecule has 0 aliphatic heterocycles. The van der Waals surface area contributed by atoms with Crippen LogP contribution in [0.1, 0.15) is 35.4 Å². The van der Waals surface area contributed by atoms with E-state index in [1.165, 1.54) is 11.6 Å². The van der Waals surface area contributed by atoms with Crippen LogP contribution in [0.4, 0.5) is 13.2 Å². The van der Waals surface area contributed by atoms with Gasteiger partial charge in [-0.3, -0.25) is 4.98 Å². The number of aromatic nitrogens is 1. The molecular formula is C16H16F3NO. The molecule has 0 bridgehead atoms. The first-order chi connectivity index (χ1) is 9.90. The number of aliphatic hydroxyl groups excluding tert-OH is 1. The number of aryl methyl sites for hydroxylation is 1. The Hall–Kier alpha value is -1.88. The van der Waals surface area contributed by atoms with Crippen LogP contribution in [0.5, 0.6) is 0 Å². The summed E-state index contributed by atoms with van der Waals surface area (Å²) in [6, 6.07) is 9.92. The molecule has 1 atom stereocenters. The summed E-state index contributed by atoms with van der Waals surface area (Å²) >= 11 is 0. The zero-order chi connectivity index (χ0) is 15.5. The van der Waals surface area contributed by atoms with E-state index in [-0.39, 0.29) is 5.69 Å². The summed E-state index contributed by atoms with van der Waals surface area (Å²) in [4.78, 5) is 3.70. The van der Waals surface area contributed by atoms with Crippen LogP contribution in [0.15, 0.2) is 42.6 Å². The number of rotatable bonds is 4. The lowest BCUT2D eigenvalue weighted by Crippen LogP contribution is -2.08. The van der Waals surface area contributed by atoms with E-state index in [4.69, 9.17) is 0 Å². The molecule has 0 aliphatic carbocycles. The SMILES string of the molecule is CCc1ccc(CC(O)c2ccc(C(F)(F)F)cn2)cc1. The van der Waals surface area contributed by atoms with Crippen molar-refractivity contribution < 1.29 is 18.3 Å². The number of hydrogen-bond donors (Lipinski definition) is 1. The molecule has 0 saturated heterocycles. The van der Waals surface area contributed by atoms with Crippen molar-refractivity contribution in [2.24, 2.45) is 0 Å². The largest absolute Gasteiger partial charge is 0.417 e. The van der Waals surface area contributed by atoms with Gasteiger partial charge in [-0.25, -0.2) is 0 Å². The summed E-state index contributed by atoms with van der Waals surface area (Å²) in [5.74, 6) is 0. The maximum Gasteiger partial charge on any atom is 0.417 e. The van der Waals surface area contributed by atoms with Gasteiger partial charge in [-0.05, 0) is 29.7 Å². The Morgan fingerprint density at radius 2 is 1.67 bits per heavy atom. The fourth-order valence-corrected chi connectivity index (χ4v) is 2.01. The first-order valence-electron chi connectivity index (χ1n) is 6.69. The highest BCUT2D eigenvalue weighted by Gasteiger charge is 2.30. The number of benzene rings is 1. The Labute approximate surface area is 121 Å². The Morgan fingerprint density at radius 1 is 1.05 bits per heavy atom. The number of halogens is 3. The highest BCUT2D eigenvalue weighted by atomic mass is 19.4. The summed E-state index contributed by atoms with van der Waals surface area (Å²) < 4.78 is 37.3. The Morgan fingerprint density at radius 3 is 2.14 bits per heavy atom. The first-order valence-corrected chi connectivity index (χ1v) is 6.69. The van der Waals surface area contributed by atoms with Gasteiger partial charge in [0.1, 0.15) is 0 Å². The first kappa shape index (κ1) is 15.5. The summed E-state index contributed by atoms with van der Waals surface area (Å²) in [5.41, 5.74) is 1.54. The standard InChI is InChI=1S/C16H16F3NO/c1-2-11-3-5-12(6-4-11)9-15(21)14-8-7-13(10-20-14)16(17,18)19/h3-8,10,15,21H,2,9H2,1H3. The Bertz CT molecular complexity index is 576. The zero-order valence-corrected chi connectivity index (χ0v) is 11.6. The fourth-order valence-electron chi connectivity index (χ4n) is 2.01. The molecule has 0 amide bonds. The lowest BCUT2D eigenvalue weighted by Gasteiger charge is -2.12. The number of nitrogens with zero attached hydrogens (tertiary/aromatic N) is 1. The average Bonchev–Trinajstić information content (AvgIpc) is 2.47. The second-order valence-corrected chi connectivity index (χ2v) is 4.86. The van der Waals surface area contributed by atoms with Crippen molar-refractivity contribution in [1.82, 2.24) is 4.98 Å². The third kappa shape index (κ3) is 4.04. The summed E-state index contributed by atoms with van der Waals surface area (Å²) in [7, 11) is 0. The van der Waals surface area contributed by atoms with Crippen LogP contribution in [0.25, 0.3) is 0 Å². The van der Waals surface area contributed by atoms with Crippen LogP contribution < -0.4 is 0 Å². The van der Waals surface area contributed by atoms with E-state index in [1.54, 1.807) is 0 Å².